The van der Waals surface area contributed by atoms with Crippen LogP contribution in [-0.4, -0.2) is 29.6 Å². The Morgan fingerprint density at radius 1 is 1.70 bits per heavy atom. The number of rotatable bonds is 4. The van der Waals surface area contributed by atoms with Crippen molar-refractivity contribution in [3.05, 3.63) is 0 Å². The van der Waals surface area contributed by atoms with Crippen LogP contribution in [-0.2, 0) is 0 Å². The molecule has 3 N–H and O–H groups in total. The Morgan fingerprint density at radius 3 is 2.70 bits per heavy atom. The first-order valence-electron chi connectivity index (χ1n) is 3.78. The van der Waals surface area contributed by atoms with Crippen LogP contribution in [0.1, 0.15) is 13.3 Å². The third-order valence-electron chi connectivity index (χ3n) is 2.04. The topological polar surface area (TPSA) is 52.5 Å². The Bertz CT molecular complexity index is 108. The van der Waals surface area contributed by atoms with E-state index in [4.69, 9.17) is 5.11 Å². The lowest BCUT2D eigenvalue weighted by Crippen LogP contribution is -2.33. The number of aliphatic hydroxyl groups excluding tert-OH is 2. The molecule has 3 nitrogen and oxygen atoms in total. The summed E-state index contributed by atoms with van der Waals surface area (Å²) in [7, 11) is 0. The smallest absolute Gasteiger partial charge is 0.108 e. The van der Waals surface area contributed by atoms with Gasteiger partial charge in [0.05, 0.1) is 6.61 Å². The summed E-state index contributed by atoms with van der Waals surface area (Å²) >= 11 is 0. The molecule has 60 valence electrons. The van der Waals surface area contributed by atoms with E-state index >= 15 is 0 Å². The minimum Gasteiger partial charge on any atom is -0.395 e. The Kier molecular flexibility index (Phi) is 2.65. The zero-order valence-corrected chi connectivity index (χ0v) is 6.25. The molecule has 3 atom stereocenters. The zero-order valence-electron chi connectivity index (χ0n) is 6.25. The Balaban J connectivity index is 2.04. The summed E-state index contributed by atoms with van der Waals surface area (Å²) in [5, 5.41) is 20.5. The van der Waals surface area contributed by atoms with Crippen LogP contribution in [0.2, 0.25) is 0 Å². The Labute approximate surface area is 61.1 Å². The van der Waals surface area contributed by atoms with Gasteiger partial charge >= 0.3 is 0 Å². The largest absolute Gasteiger partial charge is 0.395 e. The van der Waals surface area contributed by atoms with Crippen LogP contribution in [0.5, 0.6) is 0 Å². The van der Waals surface area contributed by atoms with Gasteiger partial charge in [0.15, 0.2) is 0 Å². The van der Waals surface area contributed by atoms with Gasteiger partial charge in [0.2, 0.25) is 0 Å². The molecule has 1 aliphatic rings. The van der Waals surface area contributed by atoms with Gasteiger partial charge in [-0.05, 0) is 12.3 Å². The second-order valence-electron chi connectivity index (χ2n) is 3.00. The standard InChI is InChI=1S/C7H15NO2/c1-5-4-6(5)7(10)8-2-3-9/h5-10H,2-4H2,1H3/t5-,6-,7?/m1/s1. The van der Waals surface area contributed by atoms with E-state index in [0.29, 0.717) is 18.4 Å². The van der Waals surface area contributed by atoms with Crippen molar-refractivity contribution in [1.29, 1.82) is 0 Å². The maximum Gasteiger partial charge on any atom is 0.108 e. The highest BCUT2D eigenvalue weighted by molar-refractivity contribution is 4.86. The van der Waals surface area contributed by atoms with Gasteiger partial charge < -0.3 is 10.2 Å². The lowest BCUT2D eigenvalue weighted by Gasteiger charge is -2.09. The predicted molar refractivity (Wildman–Crippen MR) is 38.4 cm³/mol. The molecular weight excluding hydrogens is 130 g/mol. The van der Waals surface area contributed by atoms with Crippen molar-refractivity contribution in [1.82, 2.24) is 5.32 Å². The molecule has 1 unspecified atom stereocenters. The Hall–Kier alpha value is -0.120. The van der Waals surface area contributed by atoms with Crippen LogP contribution in [0.3, 0.4) is 0 Å². The summed E-state index contributed by atoms with van der Waals surface area (Å²) in [4.78, 5) is 0. The molecule has 0 aliphatic heterocycles. The van der Waals surface area contributed by atoms with Crippen LogP contribution >= 0.6 is 0 Å². The molecule has 0 amide bonds. The van der Waals surface area contributed by atoms with E-state index in [1.165, 1.54) is 0 Å². The van der Waals surface area contributed by atoms with Gasteiger partial charge in [-0.25, -0.2) is 0 Å². The van der Waals surface area contributed by atoms with Crippen LogP contribution < -0.4 is 5.32 Å². The summed E-state index contributed by atoms with van der Waals surface area (Å²) in [6.07, 6.45) is 0.710. The van der Waals surface area contributed by atoms with Gasteiger partial charge in [-0.15, -0.1) is 0 Å². The summed E-state index contributed by atoms with van der Waals surface area (Å²) in [5.74, 6) is 1.08. The van der Waals surface area contributed by atoms with E-state index in [-0.39, 0.29) is 6.61 Å². The molecular formula is C7H15NO2. The van der Waals surface area contributed by atoms with Crippen molar-refractivity contribution >= 4 is 0 Å². The quantitative estimate of drug-likeness (QED) is 0.469. The van der Waals surface area contributed by atoms with Crippen molar-refractivity contribution < 1.29 is 10.2 Å². The first kappa shape index (κ1) is 7.98. The molecule has 0 aromatic carbocycles. The van der Waals surface area contributed by atoms with Crippen molar-refractivity contribution in [3.8, 4) is 0 Å². The van der Waals surface area contributed by atoms with E-state index in [0.717, 1.165) is 6.42 Å². The third-order valence-corrected chi connectivity index (χ3v) is 2.04. The van der Waals surface area contributed by atoms with E-state index in [1.807, 2.05) is 0 Å². The maximum atomic E-state index is 9.27. The number of hydrogen-bond donors (Lipinski definition) is 3. The minimum atomic E-state index is -0.401. The molecule has 0 radical (unpaired) electrons. The van der Waals surface area contributed by atoms with Gasteiger partial charge in [-0.1, -0.05) is 6.92 Å². The molecule has 0 aromatic heterocycles. The average molecular weight is 145 g/mol. The zero-order chi connectivity index (χ0) is 7.56. The van der Waals surface area contributed by atoms with Crippen LogP contribution in [0, 0.1) is 11.8 Å². The van der Waals surface area contributed by atoms with Crippen LogP contribution in [0.25, 0.3) is 0 Å². The van der Waals surface area contributed by atoms with E-state index in [2.05, 4.69) is 12.2 Å². The molecule has 0 bridgehead atoms. The Morgan fingerprint density at radius 2 is 2.30 bits per heavy atom. The molecule has 3 heteroatoms. The summed E-state index contributed by atoms with van der Waals surface area (Å²) in [5.41, 5.74) is 0. The van der Waals surface area contributed by atoms with Gasteiger partial charge in [-0.3, -0.25) is 5.32 Å². The van der Waals surface area contributed by atoms with Crippen molar-refractivity contribution in [2.45, 2.75) is 19.6 Å². The average Bonchev–Trinajstić information content (AvgIpc) is 2.62. The van der Waals surface area contributed by atoms with E-state index in [9.17, 15) is 5.11 Å². The van der Waals surface area contributed by atoms with E-state index in [1.54, 1.807) is 0 Å². The molecule has 1 saturated carbocycles. The van der Waals surface area contributed by atoms with Crippen LogP contribution in [0.15, 0.2) is 0 Å². The highest BCUT2D eigenvalue weighted by atomic mass is 16.3. The first-order chi connectivity index (χ1) is 4.75. The normalized spacial score (nSPS) is 33.9. The third kappa shape index (κ3) is 1.94. The maximum absolute atomic E-state index is 9.27. The summed E-state index contributed by atoms with van der Waals surface area (Å²) in [6.45, 7) is 2.71. The number of aliphatic hydroxyl groups is 2. The highest BCUT2D eigenvalue weighted by Gasteiger charge is 2.38. The minimum absolute atomic E-state index is 0.0954. The first-order valence-corrected chi connectivity index (χ1v) is 3.78. The fourth-order valence-electron chi connectivity index (χ4n) is 1.15. The van der Waals surface area contributed by atoms with Gasteiger partial charge in [0, 0.05) is 12.5 Å². The molecule has 0 aromatic rings. The molecule has 0 heterocycles. The van der Waals surface area contributed by atoms with Crippen molar-refractivity contribution in [2.75, 3.05) is 13.2 Å². The molecule has 0 saturated heterocycles. The molecule has 1 aliphatic carbocycles. The van der Waals surface area contributed by atoms with Gasteiger partial charge in [-0.2, -0.15) is 0 Å². The number of hydrogen-bond acceptors (Lipinski definition) is 3. The summed E-state index contributed by atoms with van der Waals surface area (Å²) < 4.78 is 0. The second kappa shape index (κ2) is 3.32. The lowest BCUT2D eigenvalue weighted by molar-refractivity contribution is 0.102. The highest BCUT2D eigenvalue weighted by Crippen LogP contribution is 2.39. The predicted octanol–water partition coefficient (Wildman–Crippen LogP) is -0.457. The monoisotopic (exact) mass is 145 g/mol. The molecule has 1 fully saturated rings. The van der Waals surface area contributed by atoms with Crippen LogP contribution in [0.4, 0.5) is 0 Å². The van der Waals surface area contributed by atoms with Crippen molar-refractivity contribution in [3.63, 3.8) is 0 Å². The van der Waals surface area contributed by atoms with Crippen molar-refractivity contribution in [2.24, 2.45) is 11.8 Å². The number of nitrogens with one attached hydrogen (secondary N) is 1. The molecule has 0 spiro atoms. The second-order valence-corrected chi connectivity index (χ2v) is 3.00. The van der Waals surface area contributed by atoms with Gasteiger partial charge in [0.1, 0.15) is 6.23 Å². The SMILES string of the molecule is C[C@@H]1C[C@H]1C(O)NCCO. The van der Waals surface area contributed by atoms with Gasteiger partial charge in [0.25, 0.3) is 0 Å². The molecule has 10 heavy (non-hydrogen) atoms. The summed E-state index contributed by atoms with van der Waals surface area (Å²) in [6, 6.07) is 0. The molecule has 1 rings (SSSR count). The lowest BCUT2D eigenvalue weighted by atomic mass is 10.3. The fourth-order valence-corrected chi connectivity index (χ4v) is 1.15. The van der Waals surface area contributed by atoms with E-state index < -0.39 is 6.23 Å². The fraction of sp³-hybridized carbons (Fsp3) is 1.00.